The van der Waals surface area contributed by atoms with Crippen LogP contribution in [0.25, 0.3) is 21.0 Å². The first-order valence-electron chi connectivity index (χ1n) is 8.61. The molecule has 0 unspecified atom stereocenters. The molecule has 0 aliphatic rings. The molecule has 0 spiro atoms. The average molecular weight is 412 g/mol. The van der Waals surface area contributed by atoms with E-state index in [1.807, 2.05) is 41.8 Å². The van der Waals surface area contributed by atoms with Gasteiger partial charge in [0.15, 0.2) is 17.4 Å². The van der Waals surface area contributed by atoms with Gasteiger partial charge in [0, 0.05) is 11.4 Å². The van der Waals surface area contributed by atoms with E-state index in [0.717, 1.165) is 16.6 Å². The number of hydrogen-bond donors (Lipinski definition) is 1. The molecule has 0 aliphatic carbocycles. The monoisotopic (exact) mass is 412 g/mol. The minimum atomic E-state index is -0.680. The standard InChI is InChI=1S/C20H16N2O4S2/c23-18(21-10-9-13-4-3-11-27-13)12-25-20(24)16-8-7-15(26-16)19-22-14-5-1-2-6-17(14)28-19/h1-8,11H,9-10,12H2,(H,21,23). The van der Waals surface area contributed by atoms with E-state index in [9.17, 15) is 9.59 Å². The number of aromatic nitrogens is 1. The van der Waals surface area contributed by atoms with E-state index in [-0.39, 0.29) is 18.3 Å². The number of ether oxygens (including phenoxy) is 1. The van der Waals surface area contributed by atoms with Gasteiger partial charge in [-0.05, 0) is 42.1 Å². The number of nitrogens with zero attached hydrogens (tertiary/aromatic N) is 1. The smallest absolute Gasteiger partial charge is 0.374 e. The molecule has 4 aromatic rings. The second-order valence-corrected chi connectivity index (χ2v) is 7.97. The molecule has 0 saturated heterocycles. The Bertz CT molecular complexity index is 1070. The Morgan fingerprint density at radius 1 is 1.11 bits per heavy atom. The predicted octanol–water partition coefficient (Wildman–Crippen LogP) is 4.13. The van der Waals surface area contributed by atoms with Crippen molar-refractivity contribution in [1.29, 1.82) is 0 Å². The molecule has 0 aliphatic heterocycles. The van der Waals surface area contributed by atoms with Gasteiger partial charge in [-0.1, -0.05) is 18.2 Å². The van der Waals surface area contributed by atoms with E-state index in [0.29, 0.717) is 17.3 Å². The SMILES string of the molecule is O=C(COC(=O)c1ccc(-c2nc3ccccc3s2)o1)NCCc1cccs1. The molecule has 0 fully saturated rings. The van der Waals surface area contributed by atoms with Crippen LogP contribution in [0, 0.1) is 0 Å². The number of esters is 1. The van der Waals surface area contributed by atoms with E-state index in [1.165, 1.54) is 22.3 Å². The highest BCUT2D eigenvalue weighted by atomic mass is 32.1. The van der Waals surface area contributed by atoms with Gasteiger partial charge in [-0.25, -0.2) is 9.78 Å². The first kappa shape index (κ1) is 18.4. The number of furan rings is 1. The summed E-state index contributed by atoms with van der Waals surface area (Å²) < 4.78 is 11.6. The maximum absolute atomic E-state index is 12.1. The normalized spacial score (nSPS) is 10.9. The maximum atomic E-state index is 12.1. The van der Waals surface area contributed by atoms with Crippen LogP contribution in [0.3, 0.4) is 0 Å². The molecular formula is C20H16N2O4S2. The number of thiophene rings is 1. The number of fused-ring (bicyclic) bond motifs is 1. The van der Waals surface area contributed by atoms with Crippen molar-refractivity contribution >= 4 is 44.8 Å². The van der Waals surface area contributed by atoms with Crippen molar-refractivity contribution in [3.8, 4) is 10.8 Å². The third-order valence-electron chi connectivity index (χ3n) is 3.92. The second-order valence-electron chi connectivity index (χ2n) is 5.91. The average Bonchev–Trinajstić information content (AvgIpc) is 3.45. The van der Waals surface area contributed by atoms with Crippen molar-refractivity contribution < 1.29 is 18.7 Å². The molecule has 3 aromatic heterocycles. The summed E-state index contributed by atoms with van der Waals surface area (Å²) in [5, 5.41) is 5.40. The zero-order chi connectivity index (χ0) is 19.3. The van der Waals surface area contributed by atoms with Gasteiger partial charge in [-0.2, -0.15) is 0 Å². The summed E-state index contributed by atoms with van der Waals surface area (Å²) in [5.74, 6) is -0.488. The van der Waals surface area contributed by atoms with Crippen LogP contribution < -0.4 is 5.32 Å². The lowest BCUT2D eigenvalue weighted by Crippen LogP contribution is -2.30. The molecule has 1 N–H and O–H groups in total. The van der Waals surface area contributed by atoms with E-state index >= 15 is 0 Å². The van der Waals surface area contributed by atoms with Gasteiger partial charge < -0.3 is 14.5 Å². The predicted molar refractivity (Wildman–Crippen MR) is 109 cm³/mol. The van der Waals surface area contributed by atoms with Crippen molar-refractivity contribution in [3.63, 3.8) is 0 Å². The van der Waals surface area contributed by atoms with Crippen molar-refractivity contribution in [3.05, 3.63) is 64.5 Å². The van der Waals surface area contributed by atoms with Crippen LogP contribution in [0.15, 0.2) is 58.3 Å². The second kappa shape index (κ2) is 8.37. The Kier molecular flexibility index (Phi) is 5.50. The summed E-state index contributed by atoms with van der Waals surface area (Å²) in [6, 6.07) is 14.9. The number of carbonyl (C=O) groups is 2. The van der Waals surface area contributed by atoms with Crippen LogP contribution >= 0.6 is 22.7 Å². The molecular weight excluding hydrogens is 396 g/mol. The van der Waals surface area contributed by atoms with E-state index in [1.54, 1.807) is 17.4 Å². The number of carbonyl (C=O) groups excluding carboxylic acids is 2. The molecule has 142 valence electrons. The summed E-state index contributed by atoms with van der Waals surface area (Å²) in [6.45, 7) is 0.153. The van der Waals surface area contributed by atoms with Gasteiger partial charge in [0.25, 0.3) is 5.91 Å². The quantitative estimate of drug-likeness (QED) is 0.462. The number of nitrogens with one attached hydrogen (secondary N) is 1. The largest absolute Gasteiger partial charge is 0.450 e. The fourth-order valence-corrected chi connectivity index (χ4v) is 4.21. The molecule has 0 atom stereocenters. The third-order valence-corrected chi connectivity index (χ3v) is 5.91. The minimum absolute atomic E-state index is 0.0423. The molecule has 28 heavy (non-hydrogen) atoms. The summed E-state index contributed by atoms with van der Waals surface area (Å²) in [5.41, 5.74) is 0.877. The van der Waals surface area contributed by atoms with Crippen molar-refractivity contribution in [2.24, 2.45) is 0 Å². The van der Waals surface area contributed by atoms with Crippen molar-refractivity contribution in [1.82, 2.24) is 10.3 Å². The highest BCUT2D eigenvalue weighted by Crippen LogP contribution is 2.31. The number of hydrogen-bond acceptors (Lipinski definition) is 7. The van der Waals surface area contributed by atoms with Crippen LogP contribution in [-0.4, -0.2) is 30.0 Å². The minimum Gasteiger partial charge on any atom is -0.450 e. The zero-order valence-electron chi connectivity index (χ0n) is 14.7. The van der Waals surface area contributed by atoms with Crippen LogP contribution in [0.2, 0.25) is 0 Å². The lowest BCUT2D eigenvalue weighted by atomic mass is 10.3. The molecule has 1 aromatic carbocycles. The van der Waals surface area contributed by atoms with Gasteiger partial charge in [0.05, 0.1) is 10.2 Å². The molecule has 4 rings (SSSR count). The Morgan fingerprint density at radius 3 is 2.82 bits per heavy atom. The third kappa shape index (κ3) is 4.29. The Morgan fingerprint density at radius 2 is 2.00 bits per heavy atom. The lowest BCUT2D eigenvalue weighted by Gasteiger charge is -2.05. The van der Waals surface area contributed by atoms with Gasteiger partial charge in [0.1, 0.15) is 0 Å². The van der Waals surface area contributed by atoms with Crippen LogP contribution in [0.5, 0.6) is 0 Å². The summed E-state index contributed by atoms with van der Waals surface area (Å²) in [4.78, 5) is 29.6. The first-order valence-corrected chi connectivity index (χ1v) is 10.3. The number of amides is 1. The highest BCUT2D eigenvalue weighted by Gasteiger charge is 2.17. The summed E-state index contributed by atoms with van der Waals surface area (Å²) in [7, 11) is 0. The number of thiazole rings is 1. The van der Waals surface area contributed by atoms with E-state index in [4.69, 9.17) is 9.15 Å². The fraction of sp³-hybridized carbons (Fsp3) is 0.150. The molecule has 0 bridgehead atoms. The Hall–Kier alpha value is -2.97. The molecule has 8 heteroatoms. The zero-order valence-corrected chi connectivity index (χ0v) is 16.3. The van der Waals surface area contributed by atoms with Gasteiger partial charge >= 0.3 is 5.97 Å². The fourth-order valence-electron chi connectivity index (χ4n) is 2.57. The number of para-hydroxylation sites is 1. The summed E-state index contributed by atoms with van der Waals surface area (Å²) in [6.07, 6.45) is 0.751. The number of benzene rings is 1. The van der Waals surface area contributed by atoms with Gasteiger partial charge in [-0.3, -0.25) is 4.79 Å². The van der Waals surface area contributed by atoms with Gasteiger partial charge in [0.2, 0.25) is 5.76 Å². The highest BCUT2D eigenvalue weighted by molar-refractivity contribution is 7.21. The molecule has 6 nitrogen and oxygen atoms in total. The molecule has 0 saturated carbocycles. The van der Waals surface area contributed by atoms with E-state index < -0.39 is 5.97 Å². The Balaban J connectivity index is 1.29. The van der Waals surface area contributed by atoms with Gasteiger partial charge in [-0.15, -0.1) is 22.7 Å². The summed E-state index contributed by atoms with van der Waals surface area (Å²) >= 11 is 3.12. The first-order chi connectivity index (χ1) is 13.7. The number of rotatable bonds is 7. The lowest BCUT2D eigenvalue weighted by molar-refractivity contribution is -0.124. The van der Waals surface area contributed by atoms with Crippen LogP contribution in [-0.2, 0) is 16.0 Å². The van der Waals surface area contributed by atoms with Crippen molar-refractivity contribution in [2.45, 2.75) is 6.42 Å². The Labute approximate surface area is 168 Å². The molecule has 0 radical (unpaired) electrons. The van der Waals surface area contributed by atoms with Crippen LogP contribution in [0.1, 0.15) is 15.4 Å². The van der Waals surface area contributed by atoms with Crippen molar-refractivity contribution in [2.75, 3.05) is 13.2 Å². The molecule has 1 amide bonds. The van der Waals surface area contributed by atoms with E-state index in [2.05, 4.69) is 10.3 Å². The van der Waals surface area contributed by atoms with Crippen LogP contribution in [0.4, 0.5) is 0 Å². The topological polar surface area (TPSA) is 81.4 Å². The maximum Gasteiger partial charge on any atom is 0.374 e. The molecule has 3 heterocycles.